The lowest BCUT2D eigenvalue weighted by atomic mass is 10.3. The lowest BCUT2D eigenvalue weighted by molar-refractivity contribution is 0.565. The smallest absolute Gasteiger partial charge is 0.211 e. The molecule has 0 fully saturated rings. The zero-order valence-corrected chi connectivity index (χ0v) is 7.95. The summed E-state index contributed by atoms with van der Waals surface area (Å²) in [6.07, 6.45) is 1.49. The van der Waals surface area contributed by atoms with Crippen LogP contribution in [-0.4, -0.2) is 26.3 Å². The summed E-state index contributed by atoms with van der Waals surface area (Å²) in [4.78, 5) is 13.6. The molecule has 0 amide bonds. The van der Waals surface area contributed by atoms with Crippen molar-refractivity contribution in [3.8, 4) is 5.69 Å². The number of rotatable bonds is 2. The van der Waals surface area contributed by atoms with Crippen LogP contribution < -0.4 is 0 Å². The molecule has 0 atom stereocenters. The maximum atomic E-state index is 10.1. The van der Waals surface area contributed by atoms with Gasteiger partial charge in [-0.3, -0.25) is 0 Å². The number of aryl methyl sites for hydroxylation is 1. The molecule has 0 aliphatic rings. The Hall–Kier alpha value is -2.33. The second kappa shape index (κ2) is 3.81. The minimum Gasteiger partial charge on any atom is -0.211 e. The Morgan fingerprint density at radius 1 is 1.47 bits per heavy atom. The summed E-state index contributed by atoms with van der Waals surface area (Å²) in [5.74, 6) is 0.669. The number of carbonyl (C=O) groups excluding carboxylic acids is 1. The summed E-state index contributed by atoms with van der Waals surface area (Å²) < 4.78 is 1.56. The topological polar surface area (TPSA) is 73.0 Å². The van der Waals surface area contributed by atoms with Crippen molar-refractivity contribution in [1.82, 2.24) is 20.2 Å². The fourth-order valence-electron chi connectivity index (χ4n) is 1.22. The molecule has 0 saturated carbocycles. The highest BCUT2D eigenvalue weighted by Gasteiger charge is 2.03. The molecule has 1 aromatic carbocycles. The summed E-state index contributed by atoms with van der Waals surface area (Å²) in [5, 5.41) is 11.1. The van der Waals surface area contributed by atoms with Gasteiger partial charge in [0.25, 0.3) is 0 Å². The van der Waals surface area contributed by atoms with Crippen LogP contribution in [0.2, 0.25) is 0 Å². The van der Waals surface area contributed by atoms with Gasteiger partial charge in [0, 0.05) is 0 Å². The Bertz CT molecular complexity index is 527. The van der Waals surface area contributed by atoms with E-state index >= 15 is 0 Å². The van der Waals surface area contributed by atoms with Crippen LogP contribution in [0.25, 0.3) is 5.69 Å². The quantitative estimate of drug-likeness (QED) is 0.535. The van der Waals surface area contributed by atoms with Gasteiger partial charge in [0.15, 0.2) is 5.82 Å². The minimum absolute atomic E-state index is 0.525. The molecule has 1 heterocycles. The van der Waals surface area contributed by atoms with E-state index in [0.29, 0.717) is 11.5 Å². The number of hydrogen-bond acceptors (Lipinski definition) is 5. The average Bonchev–Trinajstić information content (AvgIpc) is 2.65. The highest BCUT2D eigenvalue weighted by atomic mass is 16.1. The Morgan fingerprint density at radius 2 is 2.33 bits per heavy atom. The van der Waals surface area contributed by atoms with Crippen LogP contribution in [0.5, 0.6) is 0 Å². The maximum Gasteiger partial charge on any atom is 0.240 e. The van der Waals surface area contributed by atoms with Gasteiger partial charge in [-0.05, 0) is 35.5 Å². The minimum atomic E-state index is 0.525. The molecular formula is C9H7N5O. The van der Waals surface area contributed by atoms with E-state index < -0.39 is 0 Å². The van der Waals surface area contributed by atoms with E-state index in [-0.39, 0.29) is 0 Å². The molecule has 0 N–H and O–H groups in total. The summed E-state index contributed by atoms with van der Waals surface area (Å²) in [6.45, 7) is 1.79. The molecule has 0 saturated heterocycles. The third kappa shape index (κ3) is 1.79. The van der Waals surface area contributed by atoms with E-state index in [1.807, 2.05) is 6.07 Å². The van der Waals surface area contributed by atoms with Gasteiger partial charge in [0.2, 0.25) is 6.08 Å². The van der Waals surface area contributed by atoms with Crippen molar-refractivity contribution in [2.45, 2.75) is 6.92 Å². The lowest BCUT2D eigenvalue weighted by Crippen LogP contribution is -1.98. The number of benzene rings is 1. The standard InChI is InChI=1S/C9H7N5O/c1-7-11-12-13-14(7)9-4-2-3-8(5-9)10-6-15/h2-5H,1H3. The Labute approximate surface area is 85.3 Å². The van der Waals surface area contributed by atoms with Crippen molar-refractivity contribution < 1.29 is 4.79 Å². The first-order valence-corrected chi connectivity index (χ1v) is 4.24. The Morgan fingerprint density at radius 3 is 3.00 bits per heavy atom. The van der Waals surface area contributed by atoms with E-state index in [1.54, 1.807) is 29.8 Å². The molecule has 2 aromatic rings. The number of hydrogen-bond donors (Lipinski definition) is 0. The van der Waals surface area contributed by atoms with Crippen LogP contribution in [0.1, 0.15) is 5.82 Å². The number of isocyanates is 1. The molecule has 1 aromatic heterocycles. The van der Waals surface area contributed by atoms with Gasteiger partial charge in [-0.2, -0.15) is 9.67 Å². The van der Waals surface area contributed by atoms with Gasteiger partial charge < -0.3 is 0 Å². The summed E-state index contributed by atoms with van der Waals surface area (Å²) >= 11 is 0. The maximum absolute atomic E-state index is 10.1. The molecule has 0 aliphatic heterocycles. The van der Waals surface area contributed by atoms with Crippen molar-refractivity contribution in [2.75, 3.05) is 0 Å². The number of aliphatic imine (C=N–C) groups is 1. The van der Waals surface area contributed by atoms with E-state index in [4.69, 9.17) is 0 Å². The summed E-state index contributed by atoms with van der Waals surface area (Å²) in [5.41, 5.74) is 1.28. The van der Waals surface area contributed by atoms with Crippen molar-refractivity contribution in [3.05, 3.63) is 30.1 Å². The van der Waals surface area contributed by atoms with Crippen LogP contribution in [0.4, 0.5) is 5.69 Å². The van der Waals surface area contributed by atoms with Crippen LogP contribution in [0.15, 0.2) is 29.3 Å². The highest BCUT2D eigenvalue weighted by molar-refractivity contribution is 5.53. The van der Waals surface area contributed by atoms with Gasteiger partial charge >= 0.3 is 0 Å². The molecule has 0 radical (unpaired) electrons. The third-order valence-electron chi connectivity index (χ3n) is 1.87. The normalized spacial score (nSPS) is 9.67. The molecule has 6 heteroatoms. The van der Waals surface area contributed by atoms with Crippen molar-refractivity contribution in [1.29, 1.82) is 0 Å². The van der Waals surface area contributed by atoms with Crippen molar-refractivity contribution in [3.63, 3.8) is 0 Å². The second-order valence-corrected chi connectivity index (χ2v) is 2.86. The van der Waals surface area contributed by atoms with E-state index in [9.17, 15) is 4.79 Å². The highest BCUT2D eigenvalue weighted by Crippen LogP contribution is 2.16. The Balaban J connectivity index is 2.50. The second-order valence-electron chi connectivity index (χ2n) is 2.86. The molecule has 0 bridgehead atoms. The number of nitrogens with zero attached hydrogens (tertiary/aromatic N) is 5. The van der Waals surface area contributed by atoms with Crippen LogP contribution in [-0.2, 0) is 4.79 Å². The molecule has 0 unspecified atom stereocenters. The van der Waals surface area contributed by atoms with E-state index in [2.05, 4.69) is 20.5 Å². The van der Waals surface area contributed by atoms with Crippen LogP contribution >= 0.6 is 0 Å². The SMILES string of the molecule is Cc1nnnn1-c1cccc(N=C=O)c1. The van der Waals surface area contributed by atoms with E-state index in [1.165, 1.54) is 6.08 Å². The van der Waals surface area contributed by atoms with Gasteiger partial charge in [0.05, 0.1) is 11.4 Å². The Kier molecular flexibility index (Phi) is 2.35. The van der Waals surface area contributed by atoms with Gasteiger partial charge in [-0.25, -0.2) is 4.79 Å². The fraction of sp³-hybridized carbons (Fsp3) is 0.111. The van der Waals surface area contributed by atoms with Crippen LogP contribution in [0, 0.1) is 6.92 Å². The molecule has 15 heavy (non-hydrogen) atoms. The zero-order valence-electron chi connectivity index (χ0n) is 7.95. The summed E-state index contributed by atoms with van der Waals surface area (Å²) in [7, 11) is 0. The van der Waals surface area contributed by atoms with E-state index in [0.717, 1.165) is 5.69 Å². The first-order valence-electron chi connectivity index (χ1n) is 4.24. The monoisotopic (exact) mass is 201 g/mol. The molecule has 0 aliphatic carbocycles. The first-order chi connectivity index (χ1) is 7.31. The first kappa shape index (κ1) is 9.23. The van der Waals surface area contributed by atoms with Crippen LogP contribution in [0.3, 0.4) is 0 Å². The number of aromatic nitrogens is 4. The van der Waals surface area contributed by atoms with Gasteiger partial charge in [-0.1, -0.05) is 6.07 Å². The zero-order chi connectivity index (χ0) is 10.7. The molecule has 0 spiro atoms. The largest absolute Gasteiger partial charge is 0.240 e. The molecule has 2 rings (SSSR count). The van der Waals surface area contributed by atoms with Crippen molar-refractivity contribution in [2.24, 2.45) is 4.99 Å². The molecular weight excluding hydrogens is 194 g/mol. The molecule has 6 nitrogen and oxygen atoms in total. The van der Waals surface area contributed by atoms with Gasteiger partial charge in [-0.15, -0.1) is 5.10 Å². The predicted molar refractivity (Wildman–Crippen MR) is 51.7 cm³/mol. The molecule has 74 valence electrons. The van der Waals surface area contributed by atoms with Crippen molar-refractivity contribution >= 4 is 11.8 Å². The number of tetrazole rings is 1. The lowest BCUT2D eigenvalue weighted by Gasteiger charge is -2.00. The van der Waals surface area contributed by atoms with Gasteiger partial charge in [0.1, 0.15) is 0 Å². The third-order valence-corrected chi connectivity index (χ3v) is 1.87. The average molecular weight is 201 g/mol. The summed E-state index contributed by atoms with van der Waals surface area (Å²) in [6, 6.07) is 7.00. The predicted octanol–water partition coefficient (Wildman–Crippen LogP) is 0.938. The fourth-order valence-corrected chi connectivity index (χ4v) is 1.22.